The maximum atomic E-state index is 11.4. The lowest BCUT2D eigenvalue weighted by molar-refractivity contribution is 0.0600. The molecule has 0 atom stereocenters. The first kappa shape index (κ1) is 13.6. The van der Waals surface area contributed by atoms with Crippen molar-refractivity contribution in [3.63, 3.8) is 0 Å². The summed E-state index contributed by atoms with van der Waals surface area (Å²) in [4.78, 5) is 23.2. The molecular weight excluding hydrogens is 286 g/mol. The van der Waals surface area contributed by atoms with Crippen molar-refractivity contribution >= 4 is 28.9 Å². The molecule has 2 heterocycles. The number of rotatable bonds is 4. The second kappa shape index (κ2) is 5.97. The zero-order valence-corrected chi connectivity index (χ0v) is 12.2. The number of carbonyl (C=O) groups excluding carboxylic acids is 1. The Balaban J connectivity index is 1.68. The predicted octanol–water partition coefficient (Wildman–Crippen LogP) is 3.04. The number of benzene rings is 1. The number of imidazole rings is 1. The average Bonchev–Trinajstić information content (AvgIpc) is 2.95. The van der Waals surface area contributed by atoms with Gasteiger partial charge in [0.25, 0.3) is 0 Å². The minimum Gasteiger partial charge on any atom is -0.465 e. The Kier molecular flexibility index (Phi) is 3.87. The highest BCUT2D eigenvalue weighted by Gasteiger charge is 2.06. The van der Waals surface area contributed by atoms with Crippen LogP contribution in [0.1, 0.15) is 15.9 Å². The van der Waals surface area contributed by atoms with Crippen LogP contribution in [0.5, 0.6) is 0 Å². The number of aromatic amines is 1. The summed E-state index contributed by atoms with van der Waals surface area (Å²) in [6, 6.07) is 11.2. The molecule has 1 aromatic carbocycles. The molecule has 0 fully saturated rings. The number of carbonyl (C=O) groups is 1. The first-order valence-corrected chi connectivity index (χ1v) is 7.35. The molecule has 6 heteroatoms. The van der Waals surface area contributed by atoms with Crippen molar-refractivity contribution < 1.29 is 9.53 Å². The molecule has 0 saturated carbocycles. The van der Waals surface area contributed by atoms with E-state index in [1.165, 1.54) is 7.11 Å². The molecule has 0 spiro atoms. The van der Waals surface area contributed by atoms with Crippen LogP contribution in [0.25, 0.3) is 11.2 Å². The van der Waals surface area contributed by atoms with Gasteiger partial charge in [-0.05, 0) is 29.8 Å². The Hall–Kier alpha value is -2.34. The zero-order chi connectivity index (χ0) is 14.7. The van der Waals surface area contributed by atoms with Crippen molar-refractivity contribution in [1.82, 2.24) is 15.0 Å². The third-order valence-corrected chi connectivity index (χ3v) is 3.93. The first-order valence-electron chi connectivity index (χ1n) is 6.37. The lowest BCUT2D eigenvalue weighted by atomic mass is 10.1. The highest BCUT2D eigenvalue weighted by atomic mass is 32.2. The number of H-pyrrole nitrogens is 1. The summed E-state index contributed by atoms with van der Waals surface area (Å²) in [5.41, 5.74) is 3.32. The monoisotopic (exact) mass is 299 g/mol. The highest BCUT2D eigenvalue weighted by molar-refractivity contribution is 7.98. The van der Waals surface area contributed by atoms with Crippen LogP contribution >= 0.6 is 11.8 Å². The van der Waals surface area contributed by atoms with Crippen molar-refractivity contribution in [2.75, 3.05) is 7.11 Å². The fraction of sp³-hybridized carbons (Fsp3) is 0.133. The minimum atomic E-state index is -0.322. The van der Waals surface area contributed by atoms with E-state index in [4.69, 9.17) is 0 Å². The van der Waals surface area contributed by atoms with Crippen LogP contribution in [0.4, 0.5) is 0 Å². The number of ether oxygens (including phenoxy) is 1. The number of nitrogens with zero attached hydrogens (tertiary/aromatic N) is 2. The number of aromatic nitrogens is 3. The molecule has 0 aliphatic heterocycles. The normalized spacial score (nSPS) is 10.7. The molecule has 0 bridgehead atoms. The summed E-state index contributed by atoms with van der Waals surface area (Å²) in [6.07, 6.45) is 1.73. The molecule has 1 N–H and O–H groups in total. The average molecular weight is 299 g/mol. The molecule has 106 valence electrons. The van der Waals surface area contributed by atoms with Crippen molar-refractivity contribution in [3.05, 3.63) is 53.7 Å². The molecule has 0 radical (unpaired) electrons. The van der Waals surface area contributed by atoms with Crippen molar-refractivity contribution in [1.29, 1.82) is 0 Å². The molecule has 3 rings (SSSR count). The number of pyridine rings is 1. The van der Waals surface area contributed by atoms with Gasteiger partial charge in [-0.2, -0.15) is 0 Å². The SMILES string of the molecule is COC(=O)c1ccc(CSc2nc3ncccc3[nH]2)cc1. The Morgan fingerprint density at radius 2 is 2.10 bits per heavy atom. The van der Waals surface area contributed by atoms with Gasteiger partial charge < -0.3 is 9.72 Å². The van der Waals surface area contributed by atoms with E-state index in [-0.39, 0.29) is 5.97 Å². The van der Waals surface area contributed by atoms with Gasteiger partial charge in [-0.15, -0.1) is 0 Å². The Labute approximate surface area is 125 Å². The first-order chi connectivity index (χ1) is 10.3. The van der Waals surface area contributed by atoms with Crippen molar-refractivity contribution in [2.24, 2.45) is 0 Å². The smallest absolute Gasteiger partial charge is 0.337 e. The predicted molar refractivity (Wildman–Crippen MR) is 81.2 cm³/mol. The summed E-state index contributed by atoms with van der Waals surface area (Å²) in [5, 5.41) is 0.834. The van der Waals surface area contributed by atoms with Crippen LogP contribution < -0.4 is 0 Å². The van der Waals surface area contributed by atoms with E-state index >= 15 is 0 Å². The fourth-order valence-electron chi connectivity index (χ4n) is 1.90. The quantitative estimate of drug-likeness (QED) is 0.592. The number of hydrogen-bond donors (Lipinski definition) is 1. The highest BCUT2D eigenvalue weighted by Crippen LogP contribution is 2.22. The summed E-state index contributed by atoms with van der Waals surface area (Å²) in [6.45, 7) is 0. The molecule has 2 aromatic heterocycles. The number of methoxy groups -OCH3 is 1. The number of fused-ring (bicyclic) bond motifs is 1. The summed E-state index contributed by atoms with van der Waals surface area (Å²) in [7, 11) is 1.38. The van der Waals surface area contributed by atoms with Gasteiger partial charge in [0.05, 0.1) is 18.2 Å². The third kappa shape index (κ3) is 3.05. The van der Waals surface area contributed by atoms with Gasteiger partial charge in [0.15, 0.2) is 10.8 Å². The zero-order valence-electron chi connectivity index (χ0n) is 11.4. The van der Waals surface area contributed by atoms with E-state index in [0.29, 0.717) is 5.56 Å². The molecule has 3 aromatic rings. The summed E-state index contributed by atoms with van der Waals surface area (Å²) in [5.74, 6) is 0.443. The van der Waals surface area contributed by atoms with Crippen molar-refractivity contribution in [3.8, 4) is 0 Å². The number of thioether (sulfide) groups is 1. The van der Waals surface area contributed by atoms with E-state index in [2.05, 4.69) is 19.7 Å². The van der Waals surface area contributed by atoms with Crippen LogP contribution in [-0.4, -0.2) is 28.0 Å². The van der Waals surface area contributed by atoms with E-state index in [9.17, 15) is 4.79 Å². The van der Waals surface area contributed by atoms with Crippen LogP contribution in [0.2, 0.25) is 0 Å². The largest absolute Gasteiger partial charge is 0.465 e. The number of hydrogen-bond acceptors (Lipinski definition) is 5. The summed E-state index contributed by atoms with van der Waals surface area (Å²) < 4.78 is 4.67. The summed E-state index contributed by atoms with van der Waals surface area (Å²) >= 11 is 1.60. The van der Waals surface area contributed by atoms with Gasteiger partial charge in [0, 0.05) is 11.9 Å². The third-order valence-electron chi connectivity index (χ3n) is 2.99. The van der Waals surface area contributed by atoms with E-state index in [1.807, 2.05) is 24.3 Å². The van der Waals surface area contributed by atoms with Crippen molar-refractivity contribution in [2.45, 2.75) is 10.9 Å². The molecule has 0 aliphatic rings. The number of nitrogens with one attached hydrogen (secondary N) is 1. The van der Waals surface area contributed by atoms with Gasteiger partial charge >= 0.3 is 5.97 Å². The fourth-order valence-corrected chi connectivity index (χ4v) is 2.73. The Morgan fingerprint density at radius 3 is 2.81 bits per heavy atom. The molecule has 0 amide bonds. The van der Waals surface area contributed by atoms with E-state index < -0.39 is 0 Å². The molecule has 0 saturated heterocycles. The van der Waals surface area contributed by atoms with Gasteiger partial charge in [0.1, 0.15) is 0 Å². The molecule has 5 nitrogen and oxygen atoms in total. The Bertz CT molecular complexity index is 735. The molecular formula is C15H13N3O2S. The second-order valence-electron chi connectivity index (χ2n) is 4.39. The van der Waals surface area contributed by atoms with Crippen LogP contribution in [0, 0.1) is 0 Å². The van der Waals surface area contributed by atoms with E-state index in [1.54, 1.807) is 30.1 Å². The van der Waals surface area contributed by atoms with Crippen LogP contribution in [0.15, 0.2) is 47.8 Å². The van der Waals surface area contributed by atoms with Gasteiger partial charge in [-0.25, -0.2) is 14.8 Å². The number of esters is 1. The van der Waals surface area contributed by atoms with Gasteiger partial charge in [-0.3, -0.25) is 0 Å². The molecule has 0 aliphatic carbocycles. The maximum absolute atomic E-state index is 11.4. The van der Waals surface area contributed by atoms with Gasteiger partial charge in [-0.1, -0.05) is 23.9 Å². The minimum absolute atomic E-state index is 0.322. The lowest BCUT2D eigenvalue weighted by Gasteiger charge is -2.02. The van der Waals surface area contributed by atoms with Crippen LogP contribution in [-0.2, 0) is 10.5 Å². The standard InChI is InChI=1S/C15H13N3O2S/c1-20-14(19)11-6-4-10(5-7-11)9-21-15-17-12-3-2-8-16-13(12)18-15/h2-8H,9H2,1H3,(H,16,17,18). The van der Waals surface area contributed by atoms with Gasteiger partial charge in [0.2, 0.25) is 0 Å². The Morgan fingerprint density at radius 1 is 1.29 bits per heavy atom. The topological polar surface area (TPSA) is 67.9 Å². The van der Waals surface area contributed by atoms with Crippen LogP contribution in [0.3, 0.4) is 0 Å². The lowest BCUT2D eigenvalue weighted by Crippen LogP contribution is -2.00. The van der Waals surface area contributed by atoms with E-state index in [0.717, 1.165) is 27.6 Å². The maximum Gasteiger partial charge on any atom is 0.337 e. The molecule has 21 heavy (non-hydrogen) atoms. The molecule has 0 unspecified atom stereocenters. The second-order valence-corrected chi connectivity index (χ2v) is 5.36.